The van der Waals surface area contributed by atoms with Crippen molar-refractivity contribution >= 4 is 27.7 Å². The van der Waals surface area contributed by atoms with Gasteiger partial charge in [0, 0.05) is 11.4 Å². The zero-order valence-electron chi connectivity index (χ0n) is 8.49. The molecular weight excluding hydrogens is 262 g/mol. The number of aliphatic hydroxyl groups is 1. The second-order valence-corrected chi connectivity index (χ2v) is 5.58. The van der Waals surface area contributed by atoms with Crippen LogP contribution in [0.25, 0.3) is 0 Å². The largest absolute Gasteiger partial charge is 0.392 e. The highest BCUT2D eigenvalue weighted by molar-refractivity contribution is 9.10. The van der Waals surface area contributed by atoms with Gasteiger partial charge >= 0.3 is 0 Å². The first kappa shape index (κ1) is 12.0. The van der Waals surface area contributed by atoms with Crippen molar-refractivity contribution in [3.8, 4) is 0 Å². The summed E-state index contributed by atoms with van der Waals surface area (Å²) in [6.07, 6.45) is 1.51. The van der Waals surface area contributed by atoms with Crippen LogP contribution in [0.5, 0.6) is 0 Å². The van der Waals surface area contributed by atoms with Crippen LogP contribution in [0.2, 0.25) is 0 Å². The van der Waals surface area contributed by atoms with Crippen LogP contribution in [0.4, 0.5) is 0 Å². The third kappa shape index (κ3) is 3.26. The molecule has 2 nitrogen and oxygen atoms in total. The van der Waals surface area contributed by atoms with Crippen LogP contribution in [0.15, 0.2) is 21.8 Å². The average molecular weight is 276 g/mol. The topological polar surface area (TPSA) is 33.1 Å². The summed E-state index contributed by atoms with van der Waals surface area (Å²) in [6.45, 7) is 5.79. The zero-order chi connectivity index (χ0) is 10.7. The standard InChI is InChI=1S/C10H14BrNOS/c1-6-4-9(11)10(12-5-6)14-8(3)7(2)13/h4-5,7-8,13H,1-3H3. The van der Waals surface area contributed by atoms with Gasteiger partial charge in [0.25, 0.3) is 0 Å². The van der Waals surface area contributed by atoms with Crippen molar-refractivity contribution < 1.29 is 5.11 Å². The summed E-state index contributed by atoms with van der Waals surface area (Å²) in [5, 5.41) is 10.5. The molecule has 1 aromatic heterocycles. The van der Waals surface area contributed by atoms with E-state index in [0.29, 0.717) is 0 Å². The lowest BCUT2D eigenvalue weighted by atomic mass is 10.3. The number of aromatic nitrogens is 1. The van der Waals surface area contributed by atoms with Gasteiger partial charge in [0.1, 0.15) is 5.03 Å². The molecule has 0 bridgehead atoms. The van der Waals surface area contributed by atoms with Crippen molar-refractivity contribution in [3.63, 3.8) is 0 Å². The normalized spacial score (nSPS) is 15.2. The maximum Gasteiger partial charge on any atom is 0.111 e. The van der Waals surface area contributed by atoms with E-state index >= 15 is 0 Å². The highest BCUT2D eigenvalue weighted by Gasteiger charge is 2.13. The Morgan fingerprint density at radius 3 is 2.64 bits per heavy atom. The van der Waals surface area contributed by atoms with E-state index in [9.17, 15) is 5.11 Å². The lowest BCUT2D eigenvalue weighted by molar-refractivity contribution is 0.196. The Kier molecular flexibility index (Phi) is 4.41. The van der Waals surface area contributed by atoms with Crippen LogP contribution >= 0.6 is 27.7 Å². The molecule has 14 heavy (non-hydrogen) atoms. The van der Waals surface area contributed by atoms with E-state index in [0.717, 1.165) is 15.1 Å². The minimum Gasteiger partial charge on any atom is -0.392 e. The fourth-order valence-electron chi connectivity index (χ4n) is 0.882. The first-order valence-corrected chi connectivity index (χ1v) is 6.15. The van der Waals surface area contributed by atoms with Crippen molar-refractivity contribution in [1.82, 2.24) is 4.98 Å². The number of aryl methyl sites for hydroxylation is 1. The molecule has 0 saturated heterocycles. The number of halogens is 1. The fourth-order valence-corrected chi connectivity index (χ4v) is 2.46. The lowest BCUT2D eigenvalue weighted by Crippen LogP contribution is -2.15. The summed E-state index contributed by atoms with van der Waals surface area (Å²) in [6, 6.07) is 2.03. The Morgan fingerprint density at radius 1 is 1.50 bits per heavy atom. The third-order valence-electron chi connectivity index (χ3n) is 1.92. The van der Waals surface area contributed by atoms with Gasteiger partial charge in [-0.25, -0.2) is 4.98 Å². The minimum absolute atomic E-state index is 0.154. The van der Waals surface area contributed by atoms with Crippen molar-refractivity contribution in [1.29, 1.82) is 0 Å². The Labute approximate surface area is 97.3 Å². The number of nitrogens with zero attached hydrogens (tertiary/aromatic N) is 1. The second kappa shape index (κ2) is 5.14. The molecule has 78 valence electrons. The van der Waals surface area contributed by atoms with Gasteiger partial charge in [-0.15, -0.1) is 0 Å². The van der Waals surface area contributed by atoms with Crippen LogP contribution in [0, 0.1) is 6.92 Å². The van der Waals surface area contributed by atoms with Gasteiger partial charge in [-0.2, -0.15) is 0 Å². The summed E-state index contributed by atoms with van der Waals surface area (Å²) in [5.41, 5.74) is 1.13. The molecule has 1 rings (SSSR count). The Balaban J connectivity index is 2.77. The molecular formula is C10H14BrNOS. The first-order valence-electron chi connectivity index (χ1n) is 4.47. The number of rotatable bonds is 3. The summed E-state index contributed by atoms with van der Waals surface area (Å²) in [4.78, 5) is 4.31. The Bertz CT molecular complexity index is 317. The summed E-state index contributed by atoms with van der Waals surface area (Å²) < 4.78 is 0.995. The van der Waals surface area contributed by atoms with Gasteiger partial charge in [-0.1, -0.05) is 18.7 Å². The molecule has 0 radical (unpaired) electrons. The molecule has 0 aromatic carbocycles. The fraction of sp³-hybridized carbons (Fsp3) is 0.500. The highest BCUT2D eigenvalue weighted by atomic mass is 79.9. The molecule has 4 heteroatoms. The molecule has 0 aliphatic heterocycles. The molecule has 1 aromatic rings. The van der Waals surface area contributed by atoms with Gasteiger partial charge in [-0.3, -0.25) is 0 Å². The second-order valence-electron chi connectivity index (χ2n) is 3.36. The molecule has 1 heterocycles. The van der Waals surface area contributed by atoms with Crippen LogP contribution in [-0.4, -0.2) is 21.4 Å². The maximum atomic E-state index is 9.36. The van der Waals surface area contributed by atoms with Crippen LogP contribution in [0.1, 0.15) is 19.4 Å². The molecule has 2 atom stereocenters. The van der Waals surface area contributed by atoms with Crippen molar-refractivity contribution in [2.75, 3.05) is 0 Å². The van der Waals surface area contributed by atoms with E-state index in [4.69, 9.17) is 0 Å². The van der Waals surface area contributed by atoms with E-state index in [1.54, 1.807) is 18.7 Å². The smallest absolute Gasteiger partial charge is 0.111 e. The molecule has 0 spiro atoms. The van der Waals surface area contributed by atoms with E-state index < -0.39 is 0 Å². The quantitative estimate of drug-likeness (QED) is 0.861. The van der Waals surface area contributed by atoms with Crippen molar-refractivity contribution in [2.24, 2.45) is 0 Å². The number of pyridine rings is 1. The number of aliphatic hydroxyl groups excluding tert-OH is 1. The molecule has 0 saturated carbocycles. The summed E-state index contributed by atoms with van der Waals surface area (Å²) in [7, 11) is 0. The van der Waals surface area contributed by atoms with Crippen LogP contribution < -0.4 is 0 Å². The van der Waals surface area contributed by atoms with E-state index in [1.165, 1.54) is 0 Å². The van der Waals surface area contributed by atoms with E-state index in [-0.39, 0.29) is 11.4 Å². The van der Waals surface area contributed by atoms with E-state index in [1.807, 2.05) is 26.1 Å². The number of hydrogen-bond acceptors (Lipinski definition) is 3. The molecule has 2 unspecified atom stereocenters. The molecule has 0 amide bonds. The maximum absolute atomic E-state index is 9.36. The average Bonchev–Trinajstić information content (AvgIpc) is 2.09. The first-order chi connectivity index (χ1) is 6.50. The molecule has 1 N–H and O–H groups in total. The monoisotopic (exact) mass is 275 g/mol. The number of hydrogen-bond donors (Lipinski definition) is 1. The molecule has 0 aliphatic rings. The number of thioether (sulfide) groups is 1. The van der Waals surface area contributed by atoms with Gasteiger partial charge < -0.3 is 5.11 Å². The minimum atomic E-state index is -0.324. The van der Waals surface area contributed by atoms with Crippen LogP contribution in [0.3, 0.4) is 0 Å². The van der Waals surface area contributed by atoms with Gasteiger partial charge in [0.2, 0.25) is 0 Å². The third-order valence-corrected chi connectivity index (χ3v) is 4.10. The van der Waals surface area contributed by atoms with Crippen LogP contribution in [-0.2, 0) is 0 Å². The predicted molar refractivity (Wildman–Crippen MR) is 63.7 cm³/mol. The van der Waals surface area contributed by atoms with Crippen molar-refractivity contribution in [2.45, 2.75) is 37.2 Å². The highest BCUT2D eigenvalue weighted by Crippen LogP contribution is 2.30. The van der Waals surface area contributed by atoms with Gasteiger partial charge in [-0.05, 0) is 41.4 Å². The predicted octanol–water partition coefficient (Wildman–Crippen LogP) is 3.01. The van der Waals surface area contributed by atoms with Gasteiger partial charge in [0.15, 0.2) is 0 Å². The SMILES string of the molecule is Cc1cnc(SC(C)C(C)O)c(Br)c1. The summed E-state index contributed by atoms with van der Waals surface area (Å²) in [5.74, 6) is 0. The lowest BCUT2D eigenvalue weighted by Gasteiger charge is -2.14. The zero-order valence-corrected chi connectivity index (χ0v) is 10.9. The molecule has 0 aliphatic carbocycles. The Hall–Kier alpha value is -0.0600. The van der Waals surface area contributed by atoms with Gasteiger partial charge in [0.05, 0.1) is 10.6 Å². The summed E-state index contributed by atoms with van der Waals surface area (Å²) >= 11 is 5.04. The van der Waals surface area contributed by atoms with Crippen molar-refractivity contribution in [3.05, 3.63) is 22.3 Å². The Morgan fingerprint density at radius 2 is 2.14 bits per heavy atom. The van der Waals surface area contributed by atoms with E-state index in [2.05, 4.69) is 20.9 Å². The molecule has 0 fully saturated rings.